The summed E-state index contributed by atoms with van der Waals surface area (Å²) in [5, 5.41) is 6.71. The molecule has 2 rings (SSSR count). The molecule has 0 saturated heterocycles. The van der Waals surface area contributed by atoms with Crippen LogP contribution in [-0.4, -0.2) is 23.8 Å². The Labute approximate surface area is 118 Å². The first-order valence-electron chi connectivity index (χ1n) is 6.85. The summed E-state index contributed by atoms with van der Waals surface area (Å²) in [6.07, 6.45) is 2.20. The van der Waals surface area contributed by atoms with Crippen LogP contribution >= 0.6 is 0 Å². The average molecular weight is 278 g/mol. The van der Waals surface area contributed by atoms with E-state index in [4.69, 9.17) is 4.84 Å². The van der Waals surface area contributed by atoms with Crippen LogP contribution in [0.3, 0.4) is 0 Å². The summed E-state index contributed by atoms with van der Waals surface area (Å²) >= 11 is 0. The molecule has 0 saturated carbocycles. The Morgan fingerprint density at radius 1 is 1.50 bits per heavy atom. The molecule has 20 heavy (non-hydrogen) atoms. The molecule has 1 aromatic rings. The zero-order valence-electron chi connectivity index (χ0n) is 11.8. The smallest absolute Gasteiger partial charge is 0.267 e. The van der Waals surface area contributed by atoms with Crippen LogP contribution in [0.4, 0.5) is 4.39 Å². The summed E-state index contributed by atoms with van der Waals surface area (Å²) in [5.41, 5.74) is -0.195. The van der Waals surface area contributed by atoms with E-state index < -0.39 is 5.60 Å². The Kier molecular flexibility index (Phi) is 4.37. The van der Waals surface area contributed by atoms with E-state index in [1.54, 1.807) is 25.1 Å². The first-order valence-corrected chi connectivity index (χ1v) is 6.85. The van der Waals surface area contributed by atoms with Crippen LogP contribution in [0.25, 0.3) is 0 Å². The van der Waals surface area contributed by atoms with Gasteiger partial charge in [-0.15, -0.1) is 0 Å². The molecule has 1 amide bonds. The maximum Gasteiger partial charge on any atom is 0.267 e. The van der Waals surface area contributed by atoms with Crippen LogP contribution in [0, 0.1) is 5.82 Å². The van der Waals surface area contributed by atoms with Crippen molar-refractivity contribution in [1.82, 2.24) is 5.32 Å². The summed E-state index contributed by atoms with van der Waals surface area (Å²) in [6.45, 7) is 4.34. The second kappa shape index (κ2) is 6.03. The lowest BCUT2D eigenvalue weighted by Crippen LogP contribution is -2.45. The molecule has 0 fully saturated rings. The van der Waals surface area contributed by atoms with Crippen molar-refractivity contribution < 1.29 is 14.0 Å². The first-order chi connectivity index (χ1) is 9.57. The number of oxime groups is 1. The summed E-state index contributed by atoms with van der Waals surface area (Å²) in [6, 6.07) is 6.36. The van der Waals surface area contributed by atoms with E-state index in [9.17, 15) is 9.18 Å². The fourth-order valence-corrected chi connectivity index (χ4v) is 2.07. The second-order valence-electron chi connectivity index (χ2n) is 5.13. The van der Waals surface area contributed by atoms with Gasteiger partial charge in [0.15, 0.2) is 0 Å². The predicted molar refractivity (Wildman–Crippen MR) is 75.0 cm³/mol. The molecule has 108 valence electrons. The Morgan fingerprint density at radius 2 is 2.25 bits per heavy atom. The maximum atomic E-state index is 13.7. The lowest BCUT2D eigenvalue weighted by molar-refractivity contribution is -0.141. The maximum absolute atomic E-state index is 13.7. The molecule has 0 radical (unpaired) electrons. The van der Waals surface area contributed by atoms with Gasteiger partial charge >= 0.3 is 0 Å². The lowest BCUT2D eigenvalue weighted by atomic mass is 9.95. The van der Waals surface area contributed by atoms with Crippen LogP contribution < -0.4 is 5.32 Å². The Balaban J connectivity index is 2.03. The molecule has 4 nitrogen and oxygen atoms in total. The zero-order chi connectivity index (χ0) is 14.6. The van der Waals surface area contributed by atoms with E-state index >= 15 is 0 Å². The number of unbranched alkanes of at least 4 members (excludes halogenated alkanes) is 1. The van der Waals surface area contributed by atoms with Gasteiger partial charge in [0.25, 0.3) is 5.91 Å². The third-order valence-electron chi connectivity index (χ3n) is 3.34. The zero-order valence-corrected chi connectivity index (χ0v) is 11.8. The number of carbonyl (C=O) groups excluding carboxylic acids is 1. The van der Waals surface area contributed by atoms with Crippen molar-refractivity contribution in [3.8, 4) is 0 Å². The van der Waals surface area contributed by atoms with Crippen molar-refractivity contribution in [1.29, 1.82) is 0 Å². The third kappa shape index (κ3) is 2.98. The molecule has 5 heteroatoms. The molecule has 1 aliphatic heterocycles. The van der Waals surface area contributed by atoms with Crippen LogP contribution in [0.1, 0.15) is 38.7 Å². The minimum atomic E-state index is -1.05. The number of hydrogen-bond acceptors (Lipinski definition) is 3. The van der Waals surface area contributed by atoms with Crippen LogP contribution in [0.5, 0.6) is 0 Å². The fraction of sp³-hybridized carbons (Fsp3) is 0.467. The summed E-state index contributed by atoms with van der Waals surface area (Å²) < 4.78 is 13.7. The number of hydrogen-bond donors (Lipinski definition) is 1. The van der Waals surface area contributed by atoms with Crippen molar-refractivity contribution in [2.45, 2.75) is 38.7 Å². The molecule has 0 bridgehead atoms. The van der Waals surface area contributed by atoms with Gasteiger partial charge in [0.2, 0.25) is 5.60 Å². The summed E-state index contributed by atoms with van der Waals surface area (Å²) in [5.74, 6) is -0.563. The van der Waals surface area contributed by atoms with Crippen LogP contribution in [0.2, 0.25) is 0 Å². The number of benzene rings is 1. The fourth-order valence-electron chi connectivity index (χ4n) is 2.07. The highest BCUT2D eigenvalue weighted by molar-refractivity contribution is 6.05. The normalized spacial score (nSPS) is 21.2. The van der Waals surface area contributed by atoms with Crippen molar-refractivity contribution in [3.05, 3.63) is 35.6 Å². The molecule has 0 unspecified atom stereocenters. The van der Waals surface area contributed by atoms with Gasteiger partial charge in [-0.1, -0.05) is 36.7 Å². The van der Waals surface area contributed by atoms with Crippen molar-refractivity contribution in [2.24, 2.45) is 5.16 Å². The van der Waals surface area contributed by atoms with Gasteiger partial charge in [-0.25, -0.2) is 4.39 Å². The Bertz CT molecular complexity index is 530. The molecule has 0 spiro atoms. The summed E-state index contributed by atoms with van der Waals surface area (Å²) in [4.78, 5) is 17.4. The number of carbonyl (C=O) groups is 1. The van der Waals surface area contributed by atoms with Crippen molar-refractivity contribution >= 4 is 11.6 Å². The molecule has 1 aliphatic rings. The minimum Gasteiger partial charge on any atom is -0.379 e. The molecule has 0 aliphatic carbocycles. The molecule has 0 aromatic heterocycles. The Morgan fingerprint density at radius 3 is 2.95 bits per heavy atom. The molecule has 1 N–H and O–H groups in total. The average Bonchev–Trinajstić information content (AvgIpc) is 2.83. The first kappa shape index (κ1) is 14.5. The number of nitrogens with zero attached hydrogens (tertiary/aromatic N) is 1. The highest BCUT2D eigenvalue weighted by atomic mass is 19.1. The van der Waals surface area contributed by atoms with Gasteiger partial charge in [0.1, 0.15) is 5.82 Å². The second-order valence-corrected chi connectivity index (χ2v) is 5.13. The molecule has 1 atom stereocenters. The summed E-state index contributed by atoms with van der Waals surface area (Å²) in [7, 11) is 0. The van der Waals surface area contributed by atoms with E-state index in [-0.39, 0.29) is 18.1 Å². The molecule has 1 heterocycles. The topological polar surface area (TPSA) is 50.7 Å². The van der Waals surface area contributed by atoms with E-state index in [2.05, 4.69) is 17.4 Å². The van der Waals surface area contributed by atoms with Crippen LogP contribution in [0.15, 0.2) is 29.4 Å². The standard InChI is InChI=1S/C15H19FN2O2/c1-3-4-9-17-14(19)15(2)10-13(18-20-15)11-7-5-6-8-12(11)16/h5-8H,3-4,9-10H2,1-2H3,(H,17,19)/t15-/m0/s1. The van der Waals surface area contributed by atoms with Gasteiger partial charge in [0.05, 0.1) is 5.71 Å². The SMILES string of the molecule is CCCCNC(=O)[C@]1(C)CC(c2ccccc2F)=NO1. The number of nitrogens with one attached hydrogen (secondary N) is 1. The van der Waals surface area contributed by atoms with Gasteiger partial charge in [-0.2, -0.15) is 0 Å². The largest absolute Gasteiger partial charge is 0.379 e. The van der Waals surface area contributed by atoms with Gasteiger partial charge in [-0.3, -0.25) is 4.79 Å². The quantitative estimate of drug-likeness (QED) is 0.842. The Hall–Kier alpha value is -1.91. The van der Waals surface area contributed by atoms with E-state index in [1.807, 2.05) is 0 Å². The van der Waals surface area contributed by atoms with Crippen molar-refractivity contribution in [2.75, 3.05) is 6.54 Å². The van der Waals surface area contributed by atoms with Crippen LogP contribution in [-0.2, 0) is 9.63 Å². The monoisotopic (exact) mass is 278 g/mol. The van der Waals surface area contributed by atoms with E-state index in [1.165, 1.54) is 6.07 Å². The van der Waals surface area contributed by atoms with Crippen molar-refractivity contribution in [3.63, 3.8) is 0 Å². The minimum absolute atomic E-state index is 0.207. The number of amides is 1. The van der Waals surface area contributed by atoms with Gasteiger partial charge in [0, 0.05) is 18.5 Å². The molecular formula is C15H19FN2O2. The molecule has 1 aromatic carbocycles. The highest BCUT2D eigenvalue weighted by Crippen LogP contribution is 2.27. The number of halogens is 1. The van der Waals surface area contributed by atoms with Gasteiger partial charge in [-0.05, 0) is 19.4 Å². The lowest BCUT2D eigenvalue weighted by Gasteiger charge is -2.20. The van der Waals surface area contributed by atoms with E-state index in [0.717, 1.165) is 12.8 Å². The van der Waals surface area contributed by atoms with E-state index in [0.29, 0.717) is 17.8 Å². The highest BCUT2D eigenvalue weighted by Gasteiger charge is 2.42. The predicted octanol–water partition coefficient (Wildman–Crippen LogP) is 2.63. The number of rotatable bonds is 5. The molecular weight excluding hydrogens is 259 g/mol. The van der Waals surface area contributed by atoms with Gasteiger partial charge < -0.3 is 10.2 Å². The third-order valence-corrected chi connectivity index (χ3v) is 3.34.